The normalized spacial score (nSPS) is 12.8. The van der Waals surface area contributed by atoms with E-state index in [0.29, 0.717) is 0 Å². The first-order valence-electron chi connectivity index (χ1n) is 4.75. The molecule has 0 fully saturated rings. The Labute approximate surface area is 130 Å². The minimum Gasteiger partial charge on any atom is -0.549 e. The van der Waals surface area contributed by atoms with Gasteiger partial charge < -0.3 is 14.6 Å². The molecule has 7 nitrogen and oxygen atoms in total. The van der Waals surface area contributed by atoms with Crippen molar-refractivity contribution in [2.75, 3.05) is 7.11 Å². The number of rotatable bonds is 4. The van der Waals surface area contributed by atoms with Gasteiger partial charge in [-0.3, -0.25) is 4.84 Å². The van der Waals surface area contributed by atoms with Crippen LogP contribution in [0.2, 0.25) is 0 Å². The molecule has 0 amide bonds. The van der Waals surface area contributed by atoms with Gasteiger partial charge in [0.1, 0.15) is 11.2 Å². The third-order valence-corrected chi connectivity index (χ3v) is 2.53. The molecule has 1 rings (SSSR count). The largest absolute Gasteiger partial charge is 1.00 e. The van der Waals surface area contributed by atoms with Crippen molar-refractivity contribution in [3.8, 4) is 5.88 Å². The zero-order valence-corrected chi connectivity index (χ0v) is 12.7. The van der Waals surface area contributed by atoms with Crippen molar-refractivity contribution in [2.45, 2.75) is 12.3 Å². The van der Waals surface area contributed by atoms with E-state index < -0.39 is 28.7 Å². The molecule has 0 saturated heterocycles. The summed E-state index contributed by atoms with van der Waals surface area (Å²) in [6.45, 7) is 0.952. The summed E-state index contributed by atoms with van der Waals surface area (Å²) < 4.78 is 18.4. The molecule has 1 heterocycles. The van der Waals surface area contributed by atoms with Gasteiger partial charge in [0.2, 0.25) is 5.88 Å². The van der Waals surface area contributed by atoms with E-state index in [2.05, 4.69) is 15.7 Å². The molecule has 1 unspecified atom stereocenters. The molecule has 0 bridgehead atoms. The van der Waals surface area contributed by atoms with Crippen LogP contribution in [0.1, 0.15) is 12.5 Å². The van der Waals surface area contributed by atoms with Crippen LogP contribution in [0.3, 0.4) is 0 Å². The van der Waals surface area contributed by atoms with Crippen molar-refractivity contribution in [1.29, 1.82) is 0 Å². The minimum absolute atomic E-state index is 0. The van der Waals surface area contributed by atoms with Crippen molar-refractivity contribution >= 4 is 11.9 Å². The van der Waals surface area contributed by atoms with Crippen molar-refractivity contribution in [2.24, 2.45) is 0 Å². The van der Waals surface area contributed by atoms with Crippen LogP contribution < -0.4 is 45.3 Å². The number of carbonyl (C=O) groups is 2. The van der Waals surface area contributed by atoms with E-state index in [0.717, 1.165) is 19.2 Å². The van der Waals surface area contributed by atoms with Crippen LogP contribution >= 0.6 is 0 Å². The van der Waals surface area contributed by atoms with Crippen LogP contribution in [-0.4, -0.2) is 24.0 Å². The zero-order valence-electron chi connectivity index (χ0n) is 10.7. The molecule has 0 aliphatic rings. The summed E-state index contributed by atoms with van der Waals surface area (Å²) in [4.78, 5) is 30.3. The molecular weight excluding hydrogens is 270 g/mol. The van der Waals surface area contributed by atoms with Crippen molar-refractivity contribution in [1.82, 2.24) is 4.98 Å². The monoisotopic (exact) mass is 281 g/mol. The Bertz CT molecular complexity index is 499. The average Bonchev–Trinajstić information content (AvgIpc) is 2.37. The molecule has 9 heteroatoms. The Balaban J connectivity index is 0.00000324. The minimum atomic E-state index is -2.33. The Hall–Kier alpha value is -1.22. The number of hydrogen-bond acceptors (Lipinski definition) is 6. The molecule has 1 aromatic rings. The maximum absolute atomic E-state index is 13.6. The number of carboxylic acid groups (broad SMARTS) is 1. The van der Waals surface area contributed by atoms with Gasteiger partial charge >= 0.3 is 35.5 Å². The van der Waals surface area contributed by atoms with Gasteiger partial charge in [-0.15, -0.1) is 0 Å². The van der Waals surface area contributed by atoms with Crippen molar-refractivity contribution in [3.63, 3.8) is 0 Å². The van der Waals surface area contributed by atoms with Crippen LogP contribution in [0, 0.1) is 5.82 Å². The number of halogens is 1. The number of pyridine rings is 1. The number of aromatic nitrogens is 1. The Morgan fingerprint density at radius 2 is 2.11 bits per heavy atom. The van der Waals surface area contributed by atoms with Gasteiger partial charge in [-0.05, 0) is 6.92 Å². The van der Waals surface area contributed by atoms with E-state index in [1.807, 2.05) is 0 Å². The predicted octanol–water partition coefficient (Wildman–Crippen LogP) is -5.06. The SMILES string of the molecule is COc1cc(C(C)(C(=O)[O-])C(=O)O[NH3+])c(F)cn1.[Na+]. The second-order valence-electron chi connectivity index (χ2n) is 3.55. The van der Waals surface area contributed by atoms with Crippen LogP contribution in [0.25, 0.3) is 0 Å². The van der Waals surface area contributed by atoms with Gasteiger partial charge in [-0.25, -0.2) is 14.2 Å². The van der Waals surface area contributed by atoms with E-state index in [1.54, 1.807) is 0 Å². The molecule has 1 aromatic heterocycles. The number of hydrogen-bond donors (Lipinski definition) is 1. The molecule has 0 spiro atoms. The van der Waals surface area contributed by atoms with Crippen LogP contribution in [0.4, 0.5) is 4.39 Å². The third-order valence-electron chi connectivity index (χ3n) is 2.53. The maximum Gasteiger partial charge on any atom is 1.00 e. The van der Waals surface area contributed by atoms with E-state index >= 15 is 0 Å². The van der Waals surface area contributed by atoms with Gasteiger partial charge in [0.15, 0.2) is 0 Å². The second-order valence-corrected chi connectivity index (χ2v) is 3.55. The van der Waals surface area contributed by atoms with E-state index in [1.165, 1.54) is 7.11 Å². The Morgan fingerprint density at radius 1 is 1.53 bits per heavy atom. The fourth-order valence-electron chi connectivity index (χ4n) is 1.36. The molecule has 19 heavy (non-hydrogen) atoms. The Kier molecular flexibility index (Phi) is 6.37. The number of quaternary nitrogens is 1. The summed E-state index contributed by atoms with van der Waals surface area (Å²) in [7, 11) is 1.26. The first kappa shape index (κ1) is 17.8. The predicted molar refractivity (Wildman–Crippen MR) is 52.1 cm³/mol. The third kappa shape index (κ3) is 3.21. The summed E-state index contributed by atoms with van der Waals surface area (Å²) in [5.41, 5.74) is -2.80. The number of methoxy groups -OCH3 is 1. The number of carboxylic acids is 1. The maximum atomic E-state index is 13.6. The first-order chi connectivity index (χ1) is 8.37. The standard InChI is InChI=1S/C10H11FN2O5.Na/c1-10(8(14)15,9(16)18-12)5-3-7(17-2)13-4-6(5)11;/h3-4H,1-2,12H3;/q;+1. The van der Waals surface area contributed by atoms with Gasteiger partial charge in [0, 0.05) is 11.6 Å². The molecule has 98 valence electrons. The molecule has 3 N–H and O–H groups in total. The van der Waals surface area contributed by atoms with E-state index in [9.17, 15) is 19.1 Å². The molecule has 1 atom stereocenters. The first-order valence-corrected chi connectivity index (χ1v) is 4.75. The fourth-order valence-corrected chi connectivity index (χ4v) is 1.36. The van der Waals surface area contributed by atoms with Gasteiger partial charge in [-0.2, -0.15) is 5.90 Å². The Morgan fingerprint density at radius 3 is 2.53 bits per heavy atom. The van der Waals surface area contributed by atoms with Crippen LogP contribution in [0.15, 0.2) is 12.3 Å². The summed E-state index contributed by atoms with van der Waals surface area (Å²) >= 11 is 0. The fraction of sp³-hybridized carbons (Fsp3) is 0.300. The summed E-state index contributed by atoms with van der Waals surface area (Å²) in [6, 6.07) is 0.988. The topological polar surface area (TPSA) is 116 Å². The second kappa shape index (κ2) is 6.80. The molecule has 0 saturated carbocycles. The van der Waals surface area contributed by atoms with Gasteiger partial charge in [-0.1, -0.05) is 0 Å². The molecule has 0 radical (unpaired) electrons. The van der Waals surface area contributed by atoms with Gasteiger partial charge in [0.25, 0.3) is 0 Å². The molecule has 0 aliphatic carbocycles. The molecular formula is C10H11FN2NaO5+. The zero-order chi connectivity index (χ0) is 13.9. The number of aliphatic carboxylic acids is 1. The van der Waals surface area contributed by atoms with Gasteiger partial charge in [0.05, 0.1) is 19.3 Å². The summed E-state index contributed by atoms with van der Waals surface area (Å²) in [6.07, 6.45) is 0.742. The van der Waals surface area contributed by atoms with E-state index in [4.69, 9.17) is 4.74 Å². The van der Waals surface area contributed by atoms with Crippen molar-refractivity contribution in [3.05, 3.63) is 23.6 Å². The van der Waals surface area contributed by atoms with Crippen LogP contribution in [-0.2, 0) is 19.8 Å². The molecule has 0 aromatic carbocycles. The van der Waals surface area contributed by atoms with Crippen molar-refractivity contribution < 1.29 is 64.1 Å². The quantitative estimate of drug-likeness (QED) is 0.335. The average molecular weight is 281 g/mol. The van der Waals surface area contributed by atoms with Crippen LogP contribution in [0.5, 0.6) is 5.88 Å². The number of ether oxygens (including phenoxy) is 1. The summed E-state index contributed by atoms with van der Waals surface area (Å²) in [5.74, 6) is -1.29. The smallest absolute Gasteiger partial charge is 0.549 e. The molecule has 0 aliphatic heterocycles. The number of carbonyl (C=O) groups excluding carboxylic acids is 2. The number of nitrogens with zero attached hydrogens (tertiary/aromatic N) is 1. The summed E-state index contributed by atoms with van der Waals surface area (Å²) in [5, 5.41) is 11.1. The van der Waals surface area contributed by atoms with E-state index in [-0.39, 0.29) is 35.4 Å².